The lowest BCUT2D eigenvalue weighted by atomic mass is 9.73. The van der Waals surface area contributed by atoms with Crippen LogP contribution < -0.4 is 10.1 Å². The van der Waals surface area contributed by atoms with Crippen molar-refractivity contribution in [3.8, 4) is 5.75 Å². The minimum absolute atomic E-state index is 0.0267. The van der Waals surface area contributed by atoms with Gasteiger partial charge in [-0.25, -0.2) is 0 Å². The molecule has 1 aliphatic carbocycles. The highest BCUT2D eigenvalue weighted by Crippen LogP contribution is 2.35. The van der Waals surface area contributed by atoms with Crippen LogP contribution in [0.3, 0.4) is 0 Å². The van der Waals surface area contributed by atoms with Gasteiger partial charge in [-0.05, 0) is 37.8 Å². The molecule has 2 unspecified atom stereocenters. The number of carboxylic acid groups (broad SMARTS) is 1. The van der Waals surface area contributed by atoms with Crippen molar-refractivity contribution in [2.24, 2.45) is 11.8 Å². The van der Waals surface area contributed by atoms with Crippen molar-refractivity contribution in [2.45, 2.75) is 25.7 Å². The summed E-state index contributed by atoms with van der Waals surface area (Å²) in [5.74, 6) is -1.84. The quantitative estimate of drug-likeness (QED) is 0.818. The fourth-order valence-electron chi connectivity index (χ4n) is 3.21. The maximum atomic E-state index is 12.2. The number of benzene rings is 1. The number of ether oxygens (including phenoxy) is 1. The minimum Gasteiger partial charge on any atom is -0.484 e. The number of nitrogens with zero attached hydrogens (tertiary/aromatic N) is 1. The molecule has 0 spiro atoms. The Hall–Kier alpha value is -2.57. The molecule has 0 aromatic heterocycles. The summed E-state index contributed by atoms with van der Waals surface area (Å²) in [6.45, 7) is 1.54. The Labute approximate surface area is 146 Å². The van der Waals surface area contributed by atoms with E-state index < -0.39 is 17.8 Å². The summed E-state index contributed by atoms with van der Waals surface area (Å²) in [5.41, 5.74) is 0.534. The number of carbonyl (C=O) groups is 3. The van der Waals surface area contributed by atoms with Crippen LogP contribution in [-0.2, 0) is 14.4 Å². The third-order valence-corrected chi connectivity index (χ3v) is 4.85. The van der Waals surface area contributed by atoms with Crippen LogP contribution in [-0.4, -0.2) is 47.5 Å². The average Bonchev–Trinajstić information content (AvgIpc) is 3.05. The molecule has 1 aromatic rings. The van der Waals surface area contributed by atoms with Gasteiger partial charge in [0.05, 0.1) is 11.8 Å². The maximum Gasteiger partial charge on any atom is 0.307 e. The van der Waals surface area contributed by atoms with Crippen LogP contribution >= 0.6 is 0 Å². The number of hydrogen-bond acceptors (Lipinski definition) is 4. The number of carbonyl (C=O) groups excluding carboxylic acids is 2. The third kappa shape index (κ3) is 4.10. The topological polar surface area (TPSA) is 95.9 Å². The predicted octanol–water partition coefficient (Wildman–Crippen LogP) is 1.74. The summed E-state index contributed by atoms with van der Waals surface area (Å²) >= 11 is 0. The SMILES string of the molecule is O=C(O)C1CCC1C(=O)Nc1cccc(OCC(=O)N2CCCC2)c1. The molecular weight excluding hydrogens is 324 g/mol. The first-order chi connectivity index (χ1) is 12.0. The van der Waals surface area contributed by atoms with Crippen molar-refractivity contribution < 1.29 is 24.2 Å². The summed E-state index contributed by atoms with van der Waals surface area (Å²) < 4.78 is 5.53. The van der Waals surface area contributed by atoms with Crippen molar-refractivity contribution in [3.63, 3.8) is 0 Å². The Morgan fingerprint density at radius 2 is 1.88 bits per heavy atom. The molecule has 7 heteroatoms. The molecule has 2 aliphatic rings. The van der Waals surface area contributed by atoms with Crippen LogP contribution in [0, 0.1) is 11.8 Å². The molecule has 2 atom stereocenters. The Balaban J connectivity index is 1.53. The highest BCUT2D eigenvalue weighted by atomic mass is 16.5. The van der Waals surface area contributed by atoms with Gasteiger partial charge in [0.1, 0.15) is 5.75 Å². The standard InChI is InChI=1S/C18H22N2O5/c21-16(20-8-1-2-9-20)11-25-13-5-3-4-12(10-13)19-17(22)14-6-7-15(14)18(23)24/h3-5,10,14-15H,1-2,6-9,11H2,(H,19,22)(H,23,24). The summed E-state index contributed by atoms with van der Waals surface area (Å²) in [5, 5.41) is 11.8. The Morgan fingerprint density at radius 3 is 2.52 bits per heavy atom. The Bertz CT molecular complexity index is 669. The zero-order valence-corrected chi connectivity index (χ0v) is 13.9. The molecule has 2 amide bonds. The molecule has 2 N–H and O–H groups in total. The number of nitrogens with one attached hydrogen (secondary N) is 1. The minimum atomic E-state index is -0.927. The molecule has 3 rings (SSSR count). The Kier molecular flexibility index (Phi) is 5.21. The van der Waals surface area contributed by atoms with E-state index in [2.05, 4.69) is 5.32 Å². The number of anilines is 1. The average molecular weight is 346 g/mol. The van der Waals surface area contributed by atoms with Crippen LogP contribution in [0.2, 0.25) is 0 Å². The zero-order valence-electron chi connectivity index (χ0n) is 13.9. The highest BCUT2D eigenvalue weighted by Gasteiger charge is 2.41. The lowest BCUT2D eigenvalue weighted by molar-refractivity contribution is -0.151. The molecule has 134 valence electrons. The fraction of sp³-hybridized carbons (Fsp3) is 0.500. The van der Waals surface area contributed by atoms with Gasteiger partial charge in [-0.15, -0.1) is 0 Å². The summed E-state index contributed by atoms with van der Waals surface area (Å²) in [4.78, 5) is 37.0. The number of aliphatic carboxylic acids is 1. The number of rotatable bonds is 6. The van der Waals surface area contributed by atoms with Gasteiger partial charge < -0.3 is 20.1 Å². The molecule has 0 bridgehead atoms. The summed E-state index contributed by atoms with van der Waals surface area (Å²) in [7, 11) is 0. The smallest absolute Gasteiger partial charge is 0.307 e. The predicted molar refractivity (Wildman–Crippen MR) is 90.2 cm³/mol. The van der Waals surface area contributed by atoms with Crippen molar-refractivity contribution in [1.82, 2.24) is 4.90 Å². The lowest BCUT2D eigenvalue weighted by Crippen LogP contribution is -2.41. The van der Waals surface area contributed by atoms with Crippen LogP contribution in [0.1, 0.15) is 25.7 Å². The molecule has 1 saturated heterocycles. The first-order valence-corrected chi connectivity index (χ1v) is 8.59. The molecular formula is C18H22N2O5. The fourth-order valence-corrected chi connectivity index (χ4v) is 3.21. The van der Waals surface area contributed by atoms with E-state index in [0.717, 1.165) is 25.9 Å². The molecule has 2 fully saturated rings. The number of hydrogen-bond donors (Lipinski definition) is 2. The van der Waals surface area contributed by atoms with Crippen LogP contribution in [0.5, 0.6) is 5.75 Å². The van der Waals surface area contributed by atoms with Crippen LogP contribution in [0.25, 0.3) is 0 Å². The molecule has 1 saturated carbocycles. The van der Waals surface area contributed by atoms with Gasteiger partial charge in [0.25, 0.3) is 5.91 Å². The van der Waals surface area contributed by atoms with E-state index in [1.807, 2.05) is 0 Å². The van der Waals surface area contributed by atoms with Gasteiger partial charge in [0.15, 0.2) is 6.61 Å². The second-order valence-electron chi connectivity index (χ2n) is 6.52. The van der Waals surface area contributed by atoms with E-state index in [-0.39, 0.29) is 18.4 Å². The van der Waals surface area contributed by atoms with Crippen molar-refractivity contribution in [3.05, 3.63) is 24.3 Å². The molecule has 1 aromatic carbocycles. The van der Waals surface area contributed by atoms with Gasteiger partial charge in [-0.2, -0.15) is 0 Å². The van der Waals surface area contributed by atoms with Gasteiger partial charge in [-0.1, -0.05) is 6.07 Å². The first kappa shape index (κ1) is 17.3. The molecule has 1 aliphatic heterocycles. The van der Waals surface area contributed by atoms with Crippen LogP contribution in [0.4, 0.5) is 5.69 Å². The van der Waals surface area contributed by atoms with Crippen molar-refractivity contribution >= 4 is 23.5 Å². The van der Waals surface area contributed by atoms with E-state index in [4.69, 9.17) is 9.84 Å². The second kappa shape index (κ2) is 7.55. The summed E-state index contributed by atoms with van der Waals surface area (Å²) in [6, 6.07) is 6.79. The summed E-state index contributed by atoms with van der Waals surface area (Å²) in [6.07, 6.45) is 3.19. The normalized spacial score (nSPS) is 22.2. The highest BCUT2D eigenvalue weighted by molar-refractivity contribution is 5.96. The van der Waals surface area contributed by atoms with E-state index in [1.165, 1.54) is 0 Å². The number of likely N-dealkylation sites (tertiary alicyclic amines) is 1. The third-order valence-electron chi connectivity index (χ3n) is 4.85. The van der Waals surface area contributed by atoms with Crippen molar-refractivity contribution in [1.29, 1.82) is 0 Å². The number of amides is 2. The van der Waals surface area contributed by atoms with Gasteiger partial charge in [0.2, 0.25) is 5.91 Å². The van der Waals surface area contributed by atoms with Gasteiger partial charge in [-0.3, -0.25) is 14.4 Å². The Morgan fingerprint density at radius 1 is 1.16 bits per heavy atom. The van der Waals surface area contributed by atoms with E-state index in [0.29, 0.717) is 24.3 Å². The molecule has 25 heavy (non-hydrogen) atoms. The van der Waals surface area contributed by atoms with E-state index in [1.54, 1.807) is 29.2 Å². The van der Waals surface area contributed by atoms with E-state index in [9.17, 15) is 14.4 Å². The van der Waals surface area contributed by atoms with Crippen molar-refractivity contribution in [2.75, 3.05) is 25.0 Å². The van der Waals surface area contributed by atoms with Gasteiger partial charge in [0, 0.05) is 24.8 Å². The monoisotopic (exact) mass is 346 g/mol. The van der Waals surface area contributed by atoms with E-state index >= 15 is 0 Å². The molecule has 1 heterocycles. The van der Waals surface area contributed by atoms with Gasteiger partial charge >= 0.3 is 5.97 Å². The van der Waals surface area contributed by atoms with Crippen LogP contribution in [0.15, 0.2) is 24.3 Å². The largest absolute Gasteiger partial charge is 0.484 e. The number of carboxylic acids is 1. The second-order valence-corrected chi connectivity index (χ2v) is 6.52. The lowest BCUT2D eigenvalue weighted by Gasteiger charge is -2.31. The maximum absolute atomic E-state index is 12.2. The zero-order chi connectivity index (χ0) is 17.8. The molecule has 7 nitrogen and oxygen atoms in total. The first-order valence-electron chi connectivity index (χ1n) is 8.59. The molecule has 0 radical (unpaired) electrons.